The summed E-state index contributed by atoms with van der Waals surface area (Å²) in [4.78, 5) is 11.0. The molecule has 1 aromatic heterocycles. The van der Waals surface area contributed by atoms with Crippen LogP contribution in [0, 0.1) is 6.92 Å². The molecule has 0 bridgehead atoms. The number of hydrogen-bond donors (Lipinski definition) is 1. The second-order valence-electron chi connectivity index (χ2n) is 5.07. The molecule has 0 unspecified atom stereocenters. The zero-order valence-corrected chi connectivity index (χ0v) is 13.1. The molecule has 0 aliphatic carbocycles. The van der Waals surface area contributed by atoms with Crippen molar-refractivity contribution < 1.29 is 27.8 Å². The smallest absolute Gasteiger partial charge is 0.337 e. The topological polar surface area (TPSA) is 59.7 Å². The van der Waals surface area contributed by atoms with Gasteiger partial charge in [-0.1, -0.05) is 23.7 Å². The van der Waals surface area contributed by atoms with Crippen LogP contribution < -0.4 is 4.74 Å². The summed E-state index contributed by atoms with van der Waals surface area (Å²) >= 11 is 5.90. The number of halogens is 3. The first-order valence-electron chi connectivity index (χ1n) is 6.89. The minimum absolute atomic E-state index is 0.0102. The zero-order chi connectivity index (χ0) is 17.4. The van der Waals surface area contributed by atoms with Gasteiger partial charge in [-0.3, -0.25) is 0 Å². The van der Waals surface area contributed by atoms with E-state index < -0.39 is 18.2 Å². The average Bonchev–Trinajstić information content (AvgIpc) is 2.86. The highest BCUT2D eigenvalue weighted by molar-refractivity contribution is 6.33. The number of fused-ring (bicyclic) bond motifs is 1. The summed E-state index contributed by atoms with van der Waals surface area (Å²) in [5.41, 5.74) is 0.490. The second-order valence-corrected chi connectivity index (χ2v) is 5.48. The second kappa shape index (κ2) is 6.13. The van der Waals surface area contributed by atoms with Crippen molar-refractivity contribution in [2.75, 3.05) is 0 Å². The number of carbonyl (C=O) groups is 1. The third kappa shape index (κ3) is 2.80. The molecule has 1 N–H and O–H groups in total. The Morgan fingerprint density at radius 1 is 1.29 bits per heavy atom. The van der Waals surface area contributed by atoms with Gasteiger partial charge in [-0.15, -0.1) is 0 Å². The van der Waals surface area contributed by atoms with E-state index in [1.54, 1.807) is 25.1 Å². The Morgan fingerprint density at radius 2 is 2.04 bits per heavy atom. The number of rotatable bonds is 4. The van der Waals surface area contributed by atoms with Crippen LogP contribution in [0.15, 0.2) is 40.8 Å². The van der Waals surface area contributed by atoms with Gasteiger partial charge in [-0.2, -0.15) is 0 Å². The molecule has 4 nitrogen and oxygen atoms in total. The molecule has 0 fully saturated rings. The zero-order valence-electron chi connectivity index (χ0n) is 12.3. The predicted molar refractivity (Wildman–Crippen MR) is 84.4 cm³/mol. The van der Waals surface area contributed by atoms with Crippen molar-refractivity contribution in [2.45, 2.75) is 13.3 Å². The maximum atomic E-state index is 13.0. The Bertz CT molecular complexity index is 934. The Hall–Kier alpha value is -2.60. The Kier molecular flexibility index (Phi) is 4.15. The van der Waals surface area contributed by atoms with Crippen LogP contribution in [0.25, 0.3) is 11.0 Å². The van der Waals surface area contributed by atoms with Crippen molar-refractivity contribution in [3.63, 3.8) is 0 Å². The van der Waals surface area contributed by atoms with Crippen LogP contribution in [0.5, 0.6) is 11.5 Å². The number of carboxylic acids is 1. The van der Waals surface area contributed by atoms with Gasteiger partial charge in [-0.05, 0) is 25.1 Å². The van der Waals surface area contributed by atoms with Crippen LogP contribution in [0.4, 0.5) is 8.78 Å². The Balaban J connectivity index is 2.03. The fourth-order valence-corrected chi connectivity index (χ4v) is 2.64. The molecule has 7 heteroatoms. The maximum absolute atomic E-state index is 13.0. The minimum atomic E-state index is -2.73. The van der Waals surface area contributed by atoms with Crippen molar-refractivity contribution in [1.82, 2.24) is 0 Å². The van der Waals surface area contributed by atoms with Crippen LogP contribution in [0.2, 0.25) is 5.02 Å². The molecule has 0 spiro atoms. The third-order valence-corrected chi connectivity index (χ3v) is 3.87. The fraction of sp³-hybridized carbons (Fsp3) is 0.118. The molecule has 3 aromatic rings. The van der Waals surface area contributed by atoms with Crippen LogP contribution in [0.3, 0.4) is 0 Å². The van der Waals surface area contributed by atoms with Gasteiger partial charge in [0.15, 0.2) is 17.1 Å². The molecular formula is C17H11ClF2O4. The normalized spacial score (nSPS) is 11.2. The van der Waals surface area contributed by atoms with Crippen LogP contribution >= 0.6 is 11.6 Å². The molecule has 24 heavy (non-hydrogen) atoms. The standard InChI is InChI=1S/C17H11ClF2O4/c1-8-10-3-2-4-13(15(10)24-14(8)16(19)20)23-9-5-6-11(17(21)22)12(18)7-9/h2-7,16H,1H3,(H,21,22). The monoisotopic (exact) mass is 352 g/mol. The van der Waals surface area contributed by atoms with Gasteiger partial charge in [0.1, 0.15) is 5.75 Å². The first-order chi connectivity index (χ1) is 11.4. The molecule has 0 saturated carbocycles. The Labute approximate surface area is 140 Å². The van der Waals surface area contributed by atoms with Gasteiger partial charge in [0.2, 0.25) is 0 Å². The largest absolute Gasteiger partial charge is 0.478 e. The number of ether oxygens (including phenoxy) is 1. The van der Waals surface area contributed by atoms with Crippen molar-refractivity contribution in [2.24, 2.45) is 0 Å². The van der Waals surface area contributed by atoms with Gasteiger partial charge in [0, 0.05) is 17.0 Å². The quantitative estimate of drug-likeness (QED) is 0.642. The number of hydrogen-bond acceptors (Lipinski definition) is 3. The Morgan fingerprint density at radius 3 is 2.67 bits per heavy atom. The first-order valence-corrected chi connectivity index (χ1v) is 7.27. The lowest BCUT2D eigenvalue weighted by atomic mass is 10.1. The van der Waals surface area contributed by atoms with E-state index in [4.69, 9.17) is 25.9 Å². The fourth-order valence-electron chi connectivity index (χ4n) is 2.38. The van der Waals surface area contributed by atoms with Gasteiger partial charge in [-0.25, -0.2) is 13.6 Å². The van der Waals surface area contributed by atoms with E-state index in [9.17, 15) is 13.6 Å². The number of aryl methyl sites for hydroxylation is 1. The molecule has 0 aliphatic heterocycles. The van der Waals surface area contributed by atoms with Crippen molar-refractivity contribution in [1.29, 1.82) is 0 Å². The lowest BCUT2D eigenvalue weighted by Crippen LogP contribution is -1.97. The van der Waals surface area contributed by atoms with Gasteiger partial charge in [0.05, 0.1) is 10.6 Å². The van der Waals surface area contributed by atoms with E-state index in [0.717, 1.165) is 0 Å². The van der Waals surface area contributed by atoms with E-state index in [2.05, 4.69) is 0 Å². The summed E-state index contributed by atoms with van der Waals surface area (Å²) in [7, 11) is 0. The number of aromatic carboxylic acids is 1. The minimum Gasteiger partial charge on any atom is -0.478 e. The number of furan rings is 1. The SMILES string of the molecule is Cc1c(C(F)F)oc2c(Oc3ccc(C(=O)O)c(Cl)c3)cccc12. The molecule has 2 aromatic carbocycles. The van der Waals surface area contributed by atoms with Crippen LogP contribution in [0.1, 0.15) is 28.1 Å². The number of para-hydroxylation sites is 1. The molecule has 0 aliphatic rings. The highest BCUT2D eigenvalue weighted by atomic mass is 35.5. The number of alkyl halides is 2. The van der Waals surface area contributed by atoms with Crippen molar-refractivity contribution >= 4 is 28.5 Å². The van der Waals surface area contributed by atoms with Crippen molar-refractivity contribution in [3.05, 3.63) is 58.3 Å². The van der Waals surface area contributed by atoms with Crippen molar-refractivity contribution in [3.8, 4) is 11.5 Å². The first kappa shape index (κ1) is 16.3. The molecule has 3 rings (SSSR count). The summed E-state index contributed by atoms with van der Waals surface area (Å²) in [6, 6.07) is 8.96. The number of carboxylic acid groups (broad SMARTS) is 1. The highest BCUT2D eigenvalue weighted by Crippen LogP contribution is 2.38. The molecule has 0 atom stereocenters. The third-order valence-electron chi connectivity index (χ3n) is 3.56. The molecular weight excluding hydrogens is 342 g/mol. The van der Waals surface area contributed by atoms with E-state index in [1.165, 1.54) is 18.2 Å². The molecule has 124 valence electrons. The summed E-state index contributed by atoms with van der Waals surface area (Å²) in [5, 5.41) is 9.50. The average molecular weight is 353 g/mol. The predicted octanol–water partition coefficient (Wildman–Crippen LogP) is 5.82. The van der Waals surface area contributed by atoms with Gasteiger partial charge < -0.3 is 14.3 Å². The highest BCUT2D eigenvalue weighted by Gasteiger charge is 2.21. The summed E-state index contributed by atoms with van der Waals surface area (Å²) in [5.74, 6) is -1.05. The lowest BCUT2D eigenvalue weighted by molar-refractivity contribution is 0.0697. The molecule has 0 amide bonds. The summed E-state index contributed by atoms with van der Waals surface area (Å²) < 4.78 is 36.9. The summed E-state index contributed by atoms with van der Waals surface area (Å²) in [6.45, 7) is 1.55. The van der Waals surface area contributed by atoms with Crippen LogP contribution in [-0.4, -0.2) is 11.1 Å². The number of benzene rings is 2. The summed E-state index contributed by atoms with van der Waals surface area (Å²) in [6.07, 6.45) is -2.73. The maximum Gasteiger partial charge on any atom is 0.337 e. The van der Waals surface area contributed by atoms with Gasteiger partial charge >= 0.3 is 5.97 Å². The molecule has 1 heterocycles. The van der Waals surface area contributed by atoms with Gasteiger partial charge in [0.25, 0.3) is 6.43 Å². The molecule has 0 radical (unpaired) electrons. The lowest BCUT2D eigenvalue weighted by Gasteiger charge is -2.07. The van der Waals surface area contributed by atoms with Crippen LogP contribution in [-0.2, 0) is 0 Å². The van der Waals surface area contributed by atoms with E-state index in [-0.39, 0.29) is 27.7 Å². The van der Waals surface area contributed by atoms with E-state index in [0.29, 0.717) is 10.9 Å². The molecule has 0 saturated heterocycles. The van der Waals surface area contributed by atoms with E-state index in [1.807, 2.05) is 0 Å². The van der Waals surface area contributed by atoms with E-state index >= 15 is 0 Å².